The minimum Gasteiger partial charge on any atom is -0.206 e. The molecule has 0 radical (unpaired) electrons. The Morgan fingerprint density at radius 3 is 2.57 bits per heavy atom. The maximum absolute atomic E-state index is 13.5. The van der Waals surface area contributed by atoms with Gasteiger partial charge in [0.05, 0.1) is 0 Å². The molecule has 0 fully saturated rings. The summed E-state index contributed by atoms with van der Waals surface area (Å²) in [5.74, 6) is -0.265. The number of aryl methyl sites for hydroxylation is 1. The Labute approximate surface area is 91.0 Å². The van der Waals surface area contributed by atoms with Gasteiger partial charge in [-0.05, 0) is 42.1 Å². The molecule has 1 heterocycles. The lowest BCUT2D eigenvalue weighted by Gasteiger charge is -2.02. The first kappa shape index (κ1) is 9.69. The molecule has 0 atom stereocenters. The third kappa shape index (κ3) is 1.68. The summed E-state index contributed by atoms with van der Waals surface area (Å²) in [4.78, 5) is 1.12. The molecule has 1 aromatic carbocycles. The molecule has 2 aromatic rings. The second kappa shape index (κ2) is 3.71. The van der Waals surface area contributed by atoms with Gasteiger partial charge in [0, 0.05) is 15.5 Å². The van der Waals surface area contributed by atoms with Crippen molar-refractivity contribution in [1.82, 2.24) is 0 Å². The lowest BCUT2D eigenvalue weighted by molar-refractivity contribution is 0.631. The van der Waals surface area contributed by atoms with Crippen molar-refractivity contribution < 1.29 is 4.39 Å². The summed E-state index contributed by atoms with van der Waals surface area (Å²) >= 11 is 7.29. The molecule has 1 aromatic heterocycles. The Bertz CT molecular complexity index is 462. The summed E-state index contributed by atoms with van der Waals surface area (Å²) in [6, 6.07) is 6.68. The van der Waals surface area contributed by atoms with E-state index in [9.17, 15) is 4.39 Å². The molecule has 0 aliphatic rings. The third-order valence-electron chi connectivity index (χ3n) is 2.08. The van der Waals surface area contributed by atoms with E-state index in [2.05, 4.69) is 0 Å². The topological polar surface area (TPSA) is 0 Å². The molecule has 0 nitrogen and oxygen atoms in total. The minimum atomic E-state index is -0.265. The number of halogens is 2. The zero-order chi connectivity index (χ0) is 10.1. The van der Waals surface area contributed by atoms with Crippen molar-refractivity contribution in [2.24, 2.45) is 0 Å². The summed E-state index contributed by atoms with van der Waals surface area (Å²) < 4.78 is 13.5. The summed E-state index contributed by atoms with van der Waals surface area (Å²) in [5.41, 5.74) is 1.57. The van der Waals surface area contributed by atoms with Crippen molar-refractivity contribution >= 4 is 22.9 Å². The van der Waals surface area contributed by atoms with E-state index in [0.29, 0.717) is 10.6 Å². The van der Waals surface area contributed by atoms with Crippen LogP contribution in [0.3, 0.4) is 0 Å². The first-order valence-corrected chi connectivity index (χ1v) is 5.44. The Balaban J connectivity index is 2.58. The number of benzene rings is 1. The van der Waals surface area contributed by atoms with Crippen molar-refractivity contribution in [3.63, 3.8) is 0 Å². The molecule has 0 bridgehead atoms. The zero-order valence-corrected chi connectivity index (χ0v) is 9.12. The molecule has 2 rings (SSSR count). The maximum Gasteiger partial charge on any atom is 0.132 e. The van der Waals surface area contributed by atoms with Gasteiger partial charge in [0.15, 0.2) is 0 Å². The molecular formula is C11H8ClFS. The van der Waals surface area contributed by atoms with Crippen molar-refractivity contribution in [2.75, 3.05) is 0 Å². The van der Waals surface area contributed by atoms with E-state index >= 15 is 0 Å². The van der Waals surface area contributed by atoms with E-state index in [-0.39, 0.29) is 5.82 Å². The largest absolute Gasteiger partial charge is 0.206 e. The normalized spacial score (nSPS) is 10.5. The summed E-state index contributed by atoms with van der Waals surface area (Å²) in [6.07, 6.45) is 0. The minimum absolute atomic E-state index is 0.265. The number of hydrogen-bond acceptors (Lipinski definition) is 1. The van der Waals surface area contributed by atoms with Crippen LogP contribution in [-0.2, 0) is 0 Å². The van der Waals surface area contributed by atoms with Gasteiger partial charge >= 0.3 is 0 Å². The SMILES string of the molecule is Cc1sccc1-c1ccc(Cl)cc1F. The molecule has 0 aliphatic carbocycles. The average Bonchev–Trinajstić information content (AvgIpc) is 2.52. The third-order valence-corrected chi connectivity index (χ3v) is 3.16. The molecule has 14 heavy (non-hydrogen) atoms. The lowest BCUT2D eigenvalue weighted by Crippen LogP contribution is -1.83. The lowest BCUT2D eigenvalue weighted by atomic mass is 10.1. The maximum atomic E-state index is 13.5. The van der Waals surface area contributed by atoms with Crippen LogP contribution in [0.25, 0.3) is 11.1 Å². The molecule has 3 heteroatoms. The predicted octanol–water partition coefficient (Wildman–Crippen LogP) is 4.52. The number of rotatable bonds is 1. The van der Waals surface area contributed by atoms with E-state index in [4.69, 9.17) is 11.6 Å². The van der Waals surface area contributed by atoms with Crippen molar-refractivity contribution in [3.8, 4) is 11.1 Å². The quantitative estimate of drug-likeness (QED) is 0.671. The first-order valence-electron chi connectivity index (χ1n) is 4.18. The van der Waals surface area contributed by atoms with Crippen molar-refractivity contribution in [1.29, 1.82) is 0 Å². The summed E-state index contributed by atoms with van der Waals surface area (Å²) in [7, 11) is 0. The van der Waals surface area contributed by atoms with Gasteiger partial charge < -0.3 is 0 Å². The Morgan fingerprint density at radius 2 is 2.00 bits per heavy atom. The highest BCUT2D eigenvalue weighted by molar-refractivity contribution is 7.10. The zero-order valence-electron chi connectivity index (χ0n) is 7.55. The van der Waals surface area contributed by atoms with Crippen LogP contribution >= 0.6 is 22.9 Å². The van der Waals surface area contributed by atoms with Crippen LogP contribution < -0.4 is 0 Å². The van der Waals surface area contributed by atoms with Crippen LogP contribution in [0.2, 0.25) is 5.02 Å². The second-order valence-corrected chi connectivity index (χ2v) is 4.57. The molecule has 0 saturated carbocycles. The van der Waals surface area contributed by atoms with Crippen molar-refractivity contribution in [3.05, 3.63) is 45.4 Å². The van der Waals surface area contributed by atoms with Crippen LogP contribution in [0.1, 0.15) is 4.88 Å². The standard InChI is InChI=1S/C11H8ClFS/c1-7-9(4-5-14-7)10-3-2-8(12)6-11(10)13/h2-6H,1H3. The Kier molecular flexibility index (Phi) is 2.57. The fourth-order valence-corrected chi connectivity index (χ4v) is 2.24. The van der Waals surface area contributed by atoms with E-state index in [1.54, 1.807) is 23.5 Å². The van der Waals surface area contributed by atoms with Gasteiger partial charge in [-0.2, -0.15) is 0 Å². The van der Waals surface area contributed by atoms with Gasteiger partial charge in [0.1, 0.15) is 5.82 Å². The molecule has 0 spiro atoms. The van der Waals surface area contributed by atoms with Crippen molar-refractivity contribution in [2.45, 2.75) is 6.92 Å². The van der Waals surface area contributed by atoms with Gasteiger partial charge in [0.2, 0.25) is 0 Å². The monoisotopic (exact) mass is 226 g/mol. The van der Waals surface area contributed by atoms with Crippen LogP contribution in [-0.4, -0.2) is 0 Å². The Morgan fingerprint density at radius 1 is 1.21 bits per heavy atom. The number of thiophene rings is 1. The molecule has 72 valence electrons. The highest BCUT2D eigenvalue weighted by Crippen LogP contribution is 2.30. The van der Waals surface area contributed by atoms with Gasteiger partial charge in [0.25, 0.3) is 0 Å². The summed E-state index contributed by atoms with van der Waals surface area (Å²) in [6.45, 7) is 1.98. The summed E-state index contributed by atoms with van der Waals surface area (Å²) in [5, 5.41) is 2.39. The molecular weight excluding hydrogens is 219 g/mol. The van der Waals surface area contributed by atoms with Gasteiger partial charge in [-0.15, -0.1) is 11.3 Å². The van der Waals surface area contributed by atoms with Crippen LogP contribution in [0.15, 0.2) is 29.6 Å². The number of hydrogen-bond donors (Lipinski definition) is 0. The highest BCUT2D eigenvalue weighted by Gasteiger charge is 2.08. The first-order chi connectivity index (χ1) is 6.68. The van der Waals surface area contributed by atoms with Crippen LogP contribution in [0, 0.1) is 12.7 Å². The average molecular weight is 227 g/mol. The molecule has 0 aliphatic heterocycles. The van der Waals surface area contributed by atoms with Crippen LogP contribution in [0.4, 0.5) is 4.39 Å². The second-order valence-electron chi connectivity index (χ2n) is 3.01. The fraction of sp³-hybridized carbons (Fsp3) is 0.0909. The molecule has 0 amide bonds. The molecule has 0 unspecified atom stereocenters. The fourth-order valence-electron chi connectivity index (χ4n) is 1.37. The van der Waals surface area contributed by atoms with Gasteiger partial charge in [-0.25, -0.2) is 4.39 Å². The van der Waals surface area contributed by atoms with Crippen LogP contribution in [0.5, 0.6) is 0 Å². The van der Waals surface area contributed by atoms with Gasteiger partial charge in [-0.3, -0.25) is 0 Å². The molecule has 0 N–H and O–H groups in total. The predicted molar refractivity (Wildman–Crippen MR) is 59.5 cm³/mol. The smallest absolute Gasteiger partial charge is 0.132 e. The molecule has 0 saturated heterocycles. The van der Waals surface area contributed by atoms with E-state index in [1.807, 2.05) is 18.4 Å². The van der Waals surface area contributed by atoms with E-state index in [1.165, 1.54) is 6.07 Å². The van der Waals surface area contributed by atoms with Gasteiger partial charge in [-0.1, -0.05) is 11.6 Å². The van der Waals surface area contributed by atoms with E-state index < -0.39 is 0 Å². The van der Waals surface area contributed by atoms with E-state index in [0.717, 1.165) is 10.4 Å². The highest BCUT2D eigenvalue weighted by atomic mass is 35.5. The Hall–Kier alpha value is -0.860.